The smallest absolute Gasteiger partial charge is 0.191 e. The lowest BCUT2D eigenvalue weighted by molar-refractivity contribution is 0.0342. The SMILES string of the molecule is CCNC(=NCc1cccc(CN2CCOCC2)c1)NCc1nc(C)c(C)s1.I. The van der Waals surface area contributed by atoms with Gasteiger partial charge >= 0.3 is 0 Å². The maximum Gasteiger partial charge on any atom is 0.191 e. The van der Waals surface area contributed by atoms with E-state index >= 15 is 0 Å². The number of morpholine rings is 1. The number of aromatic nitrogens is 1. The highest BCUT2D eigenvalue weighted by atomic mass is 127. The van der Waals surface area contributed by atoms with Crippen molar-refractivity contribution >= 4 is 41.3 Å². The zero-order valence-electron chi connectivity index (χ0n) is 17.5. The number of ether oxygens (including phenoxy) is 1. The number of aliphatic imine (C=N–C) groups is 1. The van der Waals surface area contributed by atoms with E-state index < -0.39 is 0 Å². The maximum absolute atomic E-state index is 5.43. The lowest BCUT2D eigenvalue weighted by atomic mass is 10.1. The number of hydrogen-bond acceptors (Lipinski definition) is 5. The predicted molar refractivity (Wildman–Crippen MR) is 131 cm³/mol. The molecule has 2 N–H and O–H groups in total. The third kappa shape index (κ3) is 7.84. The number of benzene rings is 1. The molecule has 160 valence electrons. The van der Waals surface area contributed by atoms with Gasteiger partial charge in [-0.05, 0) is 31.9 Å². The van der Waals surface area contributed by atoms with E-state index in [9.17, 15) is 0 Å². The van der Waals surface area contributed by atoms with E-state index in [0.29, 0.717) is 13.1 Å². The number of hydrogen-bond donors (Lipinski definition) is 2. The molecule has 0 aliphatic carbocycles. The van der Waals surface area contributed by atoms with E-state index in [1.807, 2.05) is 0 Å². The van der Waals surface area contributed by atoms with Crippen LogP contribution in [0.2, 0.25) is 0 Å². The third-order valence-electron chi connectivity index (χ3n) is 4.75. The van der Waals surface area contributed by atoms with Gasteiger partial charge in [0.2, 0.25) is 0 Å². The highest BCUT2D eigenvalue weighted by molar-refractivity contribution is 14.0. The van der Waals surface area contributed by atoms with E-state index in [2.05, 4.69) is 65.6 Å². The van der Waals surface area contributed by atoms with Crippen LogP contribution in [0.15, 0.2) is 29.3 Å². The summed E-state index contributed by atoms with van der Waals surface area (Å²) < 4.78 is 5.43. The Morgan fingerprint density at radius 2 is 1.97 bits per heavy atom. The van der Waals surface area contributed by atoms with Gasteiger partial charge in [-0.15, -0.1) is 35.3 Å². The van der Waals surface area contributed by atoms with Crippen LogP contribution in [0.4, 0.5) is 0 Å². The number of nitrogens with one attached hydrogen (secondary N) is 2. The molecule has 1 fully saturated rings. The molecule has 1 aromatic carbocycles. The first-order valence-corrected chi connectivity index (χ1v) is 10.8. The number of halogens is 1. The van der Waals surface area contributed by atoms with Crippen molar-refractivity contribution < 1.29 is 4.74 Å². The Bertz CT molecular complexity index is 770. The molecular formula is C21H32IN5OS. The molecule has 2 heterocycles. The first kappa shape index (κ1) is 24.0. The van der Waals surface area contributed by atoms with Crippen molar-refractivity contribution in [3.8, 4) is 0 Å². The number of guanidine groups is 1. The molecule has 1 aliphatic heterocycles. The van der Waals surface area contributed by atoms with Crippen LogP contribution in [0.25, 0.3) is 0 Å². The second kappa shape index (κ2) is 12.5. The monoisotopic (exact) mass is 529 g/mol. The van der Waals surface area contributed by atoms with E-state index in [1.165, 1.54) is 16.0 Å². The molecule has 3 rings (SSSR count). The second-order valence-electron chi connectivity index (χ2n) is 7.01. The maximum atomic E-state index is 5.43. The summed E-state index contributed by atoms with van der Waals surface area (Å²) in [5, 5.41) is 7.80. The van der Waals surface area contributed by atoms with Crippen LogP contribution in [0, 0.1) is 13.8 Å². The quantitative estimate of drug-likeness (QED) is 0.327. The van der Waals surface area contributed by atoms with Gasteiger partial charge in [-0.2, -0.15) is 0 Å². The summed E-state index contributed by atoms with van der Waals surface area (Å²) in [5.74, 6) is 0.826. The van der Waals surface area contributed by atoms with Crippen LogP contribution >= 0.6 is 35.3 Å². The van der Waals surface area contributed by atoms with Crippen LogP contribution in [0.5, 0.6) is 0 Å². The van der Waals surface area contributed by atoms with E-state index in [0.717, 1.165) is 56.1 Å². The van der Waals surface area contributed by atoms with Crippen LogP contribution in [0.3, 0.4) is 0 Å². The molecule has 0 spiro atoms. The third-order valence-corrected chi connectivity index (χ3v) is 5.82. The fraction of sp³-hybridized carbons (Fsp3) is 0.524. The Morgan fingerprint density at radius 1 is 1.21 bits per heavy atom. The van der Waals surface area contributed by atoms with Gasteiger partial charge in [0.15, 0.2) is 5.96 Å². The molecule has 0 bridgehead atoms. The fourth-order valence-corrected chi connectivity index (χ4v) is 4.00. The summed E-state index contributed by atoms with van der Waals surface area (Å²) in [6.45, 7) is 13.1. The molecule has 0 atom stereocenters. The van der Waals surface area contributed by atoms with Crippen molar-refractivity contribution in [2.75, 3.05) is 32.8 Å². The Balaban J connectivity index is 0.00000300. The number of thiazole rings is 1. The lowest BCUT2D eigenvalue weighted by Crippen LogP contribution is -2.36. The van der Waals surface area contributed by atoms with Crippen molar-refractivity contribution in [2.24, 2.45) is 4.99 Å². The number of rotatable bonds is 7. The zero-order chi connectivity index (χ0) is 19.8. The molecular weight excluding hydrogens is 497 g/mol. The van der Waals surface area contributed by atoms with Crippen LogP contribution in [-0.4, -0.2) is 48.7 Å². The molecule has 29 heavy (non-hydrogen) atoms. The Morgan fingerprint density at radius 3 is 2.66 bits per heavy atom. The van der Waals surface area contributed by atoms with Gasteiger partial charge < -0.3 is 15.4 Å². The Labute approximate surface area is 195 Å². The van der Waals surface area contributed by atoms with Crippen LogP contribution in [0.1, 0.15) is 33.6 Å². The standard InChI is InChI=1S/C21H31N5OS.HI/c1-4-22-21(24-14-20-25-16(2)17(3)28-20)23-13-18-6-5-7-19(12-18)15-26-8-10-27-11-9-26;/h5-7,12H,4,8-11,13-15H2,1-3H3,(H2,22,23,24);1H. The predicted octanol–water partition coefficient (Wildman–Crippen LogP) is 3.47. The summed E-state index contributed by atoms with van der Waals surface area (Å²) >= 11 is 1.74. The van der Waals surface area contributed by atoms with Gasteiger partial charge in [0.1, 0.15) is 5.01 Å². The highest BCUT2D eigenvalue weighted by Crippen LogP contribution is 2.16. The molecule has 0 amide bonds. The molecule has 2 aromatic rings. The molecule has 1 saturated heterocycles. The topological polar surface area (TPSA) is 61.8 Å². The van der Waals surface area contributed by atoms with Gasteiger partial charge in [-0.1, -0.05) is 24.3 Å². The molecule has 8 heteroatoms. The average molecular weight is 529 g/mol. The van der Waals surface area contributed by atoms with Gasteiger partial charge in [0.05, 0.1) is 32.0 Å². The Kier molecular flexibility index (Phi) is 10.3. The largest absolute Gasteiger partial charge is 0.379 e. The summed E-state index contributed by atoms with van der Waals surface area (Å²) in [6, 6.07) is 8.72. The molecule has 0 unspecified atom stereocenters. The normalized spacial score (nSPS) is 15.1. The van der Waals surface area contributed by atoms with E-state index in [1.54, 1.807) is 11.3 Å². The first-order chi connectivity index (χ1) is 13.6. The minimum atomic E-state index is 0. The number of aryl methyl sites for hydroxylation is 2. The van der Waals surface area contributed by atoms with Gasteiger partial charge in [-0.3, -0.25) is 4.90 Å². The fourth-order valence-electron chi connectivity index (χ4n) is 3.13. The first-order valence-electron chi connectivity index (χ1n) is 9.97. The molecule has 1 aromatic heterocycles. The molecule has 0 saturated carbocycles. The zero-order valence-corrected chi connectivity index (χ0v) is 20.7. The van der Waals surface area contributed by atoms with Crippen molar-refractivity contribution in [2.45, 2.75) is 40.4 Å². The minimum absolute atomic E-state index is 0. The van der Waals surface area contributed by atoms with Crippen molar-refractivity contribution in [1.82, 2.24) is 20.5 Å². The van der Waals surface area contributed by atoms with Crippen LogP contribution < -0.4 is 10.6 Å². The summed E-state index contributed by atoms with van der Waals surface area (Å²) in [6.07, 6.45) is 0. The van der Waals surface area contributed by atoms with E-state index in [4.69, 9.17) is 9.73 Å². The molecule has 1 aliphatic rings. The summed E-state index contributed by atoms with van der Waals surface area (Å²) in [7, 11) is 0. The van der Waals surface area contributed by atoms with Gasteiger partial charge in [-0.25, -0.2) is 9.98 Å². The highest BCUT2D eigenvalue weighted by Gasteiger charge is 2.11. The summed E-state index contributed by atoms with van der Waals surface area (Å²) in [5.41, 5.74) is 3.67. The molecule has 0 radical (unpaired) electrons. The van der Waals surface area contributed by atoms with Crippen molar-refractivity contribution in [3.05, 3.63) is 51.0 Å². The van der Waals surface area contributed by atoms with Crippen molar-refractivity contribution in [1.29, 1.82) is 0 Å². The second-order valence-corrected chi connectivity index (χ2v) is 8.29. The molecule has 6 nitrogen and oxygen atoms in total. The van der Waals surface area contributed by atoms with Gasteiger partial charge in [0.25, 0.3) is 0 Å². The van der Waals surface area contributed by atoms with E-state index in [-0.39, 0.29) is 24.0 Å². The summed E-state index contributed by atoms with van der Waals surface area (Å²) in [4.78, 5) is 13.1. The van der Waals surface area contributed by atoms with Gasteiger partial charge in [0, 0.05) is 31.1 Å². The number of nitrogens with zero attached hydrogens (tertiary/aromatic N) is 3. The van der Waals surface area contributed by atoms with Crippen LogP contribution in [-0.2, 0) is 24.4 Å². The average Bonchev–Trinajstić information content (AvgIpc) is 3.03. The minimum Gasteiger partial charge on any atom is -0.379 e. The Hall–Kier alpha value is -1.23. The van der Waals surface area contributed by atoms with Crippen molar-refractivity contribution in [3.63, 3.8) is 0 Å². The lowest BCUT2D eigenvalue weighted by Gasteiger charge is -2.26.